The largest absolute Gasteiger partial charge is 0.288 e. The molecule has 0 atom stereocenters. The van der Waals surface area contributed by atoms with E-state index in [0.717, 1.165) is 0 Å². The van der Waals surface area contributed by atoms with Crippen LogP contribution in [0.5, 0.6) is 0 Å². The second-order valence-electron chi connectivity index (χ2n) is 0.238. The topological polar surface area (TPSA) is 54.4 Å². The van der Waals surface area contributed by atoms with E-state index in [1.54, 1.807) is 0 Å². The van der Waals surface area contributed by atoms with Gasteiger partial charge in [-0.15, -0.1) is 0 Å². The number of hydrogen-bond acceptors (Lipinski definition) is 2. The standard InChI is InChI=1S/3FH.H2O3S/c;;;1-4(2)3/h3*1H;4H,(H,1,2,3). The van der Waals surface area contributed by atoms with Crippen molar-refractivity contribution in [2.24, 2.45) is 0 Å². The molecule has 0 aliphatic heterocycles. The molecule has 0 spiro atoms. The Labute approximate surface area is 39.2 Å². The Morgan fingerprint density at radius 3 is 1.00 bits per heavy atom. The molecule has 7 heteroatoms. The van der Waals surface area contributed by atoms with Gasteiger partial charge in [-0.2, -0.15) is 0 Å². The summed E-state index contributed by atoms with van der Waals surface area (Å²) in [5.74, 6) is 0. The van der Waals surface area contributed by atoms with E-state index in [9.17, 15) is 0 Å². The average molecular weight is 142 g/mol. The van der Waals surface area contributed by atoms with E-state index < -0.39 is 11.0 Å². The predicted molar refractivity (Wildman–Crippen MR) is 20.5 cm³/mol. The van der Waals surface area contributed by atoms with Gasteiger partial charge in [-0.3, -0.25) is 18.7 Å². The second kappa shape index (κ2) is 17.3. The summed E-state index contributed by atoms with van der Waals surface area (Å²) in [6.07, 6.45) is 0. The zero-order valence-corrected chi connectivity index (χ0v) is 3.83. The molecule has 0 radical (unpaired) electrons. The van der Waals surface area contributed by atoms with Crippen molar-refractivity contribution in [2.75, 3.05) is 0 Å². The normalized spacial score (nSPS) is 4.86. The van der Waals surface area contributed by atoms with Crippen LogP contribution in [-0.2, 0) is 11.0 Å². The van der Waals surface area contributed by atoms with E-state index in [0.29, 0.717) is 0 Å². The third-order valence-electron chi connectivity index (χ3n) is 0. The SMILES string of the molecule is F.F.F.O=[SH](=O)O. The molecule has 0 saturated carbocycles. The lowest BCUT2D eigenvalue weighted by Gasteiger charge is -1.43. The van der Waals surface area contributed by atoms with Gasteiger partial charge in [0.25, 0.3) is 11.0 Å². The van der Waals surface area contributed by atoms with Crippen LogP contribution in [-0.4, -0.2) is 13.0 Å². The molecule has 0 heterocycles. The van der Waals surface area contributed by atoms with Crippen molar-refractivity contribution in [2.45, 2.75) is 0 Å². The molecule has 0 bridgehead atoms. The average Bonchev–Trinajstić information content (AvgIpc) is 0.811. The number of halogens is 3. The molecule has 0 amide bonds. The van der Waals surface area contributed by atoms with Crippen molar-refractivity contribution in [1.82, 2.24) is 0 Å². The van der Waals surface area contributed by atoms with Gasteiger partial charge in [0, 0.05) is 0 Å². The lowest BCUT2D eigenvalue weighted by atomic mass is 15.9. The summed E-state index contributed by atoms with van der Waals surface area (Å²) < 4.78 is 24.2. The van der Waals surface area contributed by atoms with Crippen molar-refractivity contribution in [3.05, 3.63) is 0 Å². The lowest BCUT2D eigenvalue weighted by molar-refractivity contribution is 0.509. The van der Waals surface area contributed by atoms with E-state index in [1.807, 2.05) is 0 Å². The maximum Gasteiger partial charge on any atom is 0.254 e. The summed E-state index contributed by atoms with van der Waals surface area (Å²) in [6, 6.07) is 0. The molecule has 7 heavy (non-hydrogen) atoms. The molecule has 0 saturated heterocycles. The van der Waals surface area contributed by atoms with E-state index in [2.05, 4.69) is 0 Å². The molecular formula is H5F3O3S. The van der Waals surface area contributed by atoms with E-state index in [1.165, 1.54) is 0 Å². The zero-order chi connectivity index (χ0) is 3.58. The fourth-order valence-corrected chi connectivity index (χ4v) is 0. The Morgan fingerprint density at radius 1 is 1.00 bits per heavy atom. The van der Waals surface area contributed by atoms with Gasteiger partial charge >= 0.3 is 0 Å². The van der Waals surface area contributed by atoms with Gasteiger partial charge in [0.1, 0.15) is 0 Å². The van der Waals surface area contributed by atoms with E-state index >= 15 is 0 Å². The van der Waals surface area contributed by atoms with Crippen LogP contribution in [0.25, 0.3) is 0 Å². The molecule has 50 valence electrons. The Kier molecular flexibility index (Phi) is 73.7. The Bertz CT molecular complexity index is 58.6. The van der Waals surface area contributed by atoms with Crippen LogP contribution in [0.3, 0.4) is 0 Å². The molecule has 0 aliphatic rings. The lowest BCUT2D eigenvalue weighted by Crippen LogP contribution is -1.58. The summed E-state index contributed by atoms with van der Waals surface area (Å²) in [5, 5.41) is 0. The molecule has 0 aromatic heterocycles. The quantitative estimate of drug-likeness (QED) is 0.355. The Balaban J connectivity index is -0.0000000150. The summed E-state index contributed by atoms with van der Waals surface area (Å²) in [5.41, 5.74) is 0. The highest BCUT2D eigenvalue weighted by Crippen LogP contribution is 1.27. The first-order valence-corrected chi connectivity index (χ1v) is 1.70. The molecule has 0 aliphatic carbocycles. The molecular weight excluding hydrogens is 137 g/mol. The van der Waals surface area contributed by atoms with Crippen molar-refractivity contribution in [1.29, 1.82) is 0 Å². The van der Waals surface area contributed by atoms with Crippen molar-refractivity contribution >= 4 is 11.0 Å². The smallest absolute Gasteiger partial charge is 0.254 e. The number of thiol groups is 1. The summed E-state index contributed by atoms with van der Waals surface area (Å²) in [4.78, 5) is 0. The number of hydrogen-bond donors (Lipinski definition) is 2. The number of rotatable bonds is 0. The highest BCUT2D eigenvalue weighted by Gasteiger charge is 1.44. The van der Waals surface area contributed by atoms with Crippen LogP contribution in [0.15, 0.2) is 0 Å². The van der Waals surface area contributed by atoms with Gasteiger partial charge in [-0.1, -0.05) is 0 Å². The van der Waals surface area contributed by atoms with Crippen LogP contribution in [0.1, 0.15) is 0 Å². The minimum atomic E-state index is -3.12. The van der Waals surface area contributed by atoms with Gasteiger partial charge in [0.15, 0.2) is 0 Å². The first-order chi connectivity index (χ1) is 1.73. The monoisotopic (exact) mass is 142 g/mol. The third-order valence-corrected chi connectivity index (χ3v) is 0. The molecule has 0 aromatic rings. The van der Waals surface area contributed by atoms with Crippen molar-refractivity contribution in [3.63, 3.8) is 0 Å². The molecule has 3 nitrogen and oxygen atoms in total. The highest BCUT2D eigenvalue weighted by molar-refractivity contribution is 7.66. The highest BCUT2D eigenvalue weighted by atomic mass is 32.2. The molecule has 0 unspecified atom stereocenters. The first-order valence-electron chi connectivity index (χ1n) is 0.565. The maximum absolute atomic E-state index is 8.59. The van der Waals surface area contributed by atoms with E-state index in [-0.39, 0.29) is 14.1 Å². The van der Waals surface area contributed by atoms with Crippen LogP contribution in [0.4, 0.5) is 14.1 Å². The zero-order valence-electron chi connectivity index (χ0n) is 2.94. The minimum Gasteiger partial charge on any atom is -0.288 e. The molecule has 0 rings (SSSR count). The molecule has 0 aromatic carbocycles. The van der Waals surface area contributed by atoms with Crippen LogP contribution in [0.2, 0.25) is 0 Å². The molecule has 0 fully saturated rings. The van der Waals surface area contributed by atoms with Gasteiger partial charge in [0.05, 0.1) is 0 Å². The predicted octanol–water partition coefficient (Wildman–Crippen LogP) is -0.472. The Morgan fingerprint density at radius 2 is 1.00 bits per heavy atom. The summed E-state index contributed by atoms with van der Waals surface area (Å²) in [6.45, 7) is 0. The van der Waals surface area contributed by atoms with E-state index in [4.69, 9.17) is 13.0 Å². The van der Waals surface area contributed by atoms with Crippen LogP contribution < -0.4 is 0 Å². The fraction of sp³-hybridized carbons (Fsp3) is 0. The van der Waals surface area contributed by atoms with Gasteiger partial charge in [-0.05, 0) is 0 Å². The van der Waals surface area contributed by atoms with Gasteiger partial charge < -0.3 is 0 Å². The van der Waals surface area contributed by atoms with Crippen LogP contribution in [0, 0.1) is 0 Å². The van der Waals surface area contributed by atoms with Crippen molar-refractivity contribution in [3.8, 4) is 0 Å². The van der Waals surface area contributed by atoms with Gasteiger partial charge in [-0.25, -0.2) is 8.42 Å². The minimum absolute atomic E-state index is 0. The van der Waals surface area contributed by atoms with Crippen molar-refractivity contribution < 1.29 is 27.1 Å². The summed E-state index contributed by atoms with van der Waals surface area (Å²) >= 11 is 0. The summed E-state index contributed by atoms with van der Waals surface area (Å²) in [7, 11) is -3.12. The second-order valence-corrected chi connectivity index (χ2v) is 0.714. The fourth-order valence-electron chi connectivity index (χ4n) is 0. The first kappa shape index (κ1) is 29.9. The maximum atomic E-state index is 8.59. The van der Waals surface area contributed by atoms with Crippen LogP contribution >= 0.6 is 0 Å². The Hall–Kier alpha value is -0.300. The third kappa shape index (κ3) is 867. The van der Waals surface area contributed by atoms with Gasteiger partial charge in [0.2, 0.25) is 0 Å². The molecule has 1 N–H and O–H groups in total.